The van der Waals surface area contributed by atoms with Gasteiger partial charge in [-0.1, -0.05) is 18.2 Å². The Bertz CT molecular complexity index is 262. The van der Waals surface area contributed by atoms with Crippen LogP contribution >= 0.6 is 0 Å². The van der Waals surface area contributed by atoms with E-state index in [4.69, 9.17) is 18.7 Å². The van der Waals surface area contributed by atoms with Crippen molar-refractivity contribution in [3.8, 4) is 0 Å². The van der Waals surface area contributed by atoms with Crippen LogP contribution < -0.4 is 0 Å². The number of esters is 1. The van der Waals surface area contributed by atoms with Crippen LogP contribution in [-0.2, 0) is 40.6 Å². The maximum Gasteiger partial charge on any atom is 0 e. The first kappa shape index (κ1) is 30.1. The predicted octanol–water partition coefficient (Wildman–Crippen LogP) is 1.96. The summed E-state index contributed by atoms with van der Waals surface area (Å²) in [6, 6.07) is 0. The van der Waals surface area contributed by atoms with Gasteiger partial charge in [0.05, 0.1) is 0 Å². The third-order valence-electron chi connectivity index (χ3n) is 1.04. The first-order valence-electron chi connectivity index (χ1n) is 4.24. The van der Waals surface area contributed by atoms with E-state index in [0.717, 1.165) is 0 Å². The molecule has 0 saturated heterocycles. The zero-order chi connectivity index (χ0) is 14.7. The number of allylic oxidation sites excluding steroid dienone is 3. The molecular formula is C12H14FeO5. The third kappa shape index (κ3) is 46.6. The van der Waals surface area contributed by atoms with Crippen molar-refractivity contribution in [2.45, 2.75) is 26.9 Å². The molecule has 1 atom stereocenters. The summed E-state index contributed by atoms with van der Waals surface area (Å²) in [5.74, 6) is -0.248. The normalized spacial score (nSPS) is 8.94. The minimum atomic E-state index is -0.248. The van der Waals surface area contributed by atoms with Gasteiger partial charge in [0.2, 0.25) is 0 Å². The van der Waals surface area contributed by atoms with Gasteiger partial charge in [0.1, 0.15) is 6.10 Å². The van der Waals surface area contributed by atoms with E-state index < -0.39 is 0 Å². The third-order valence-corrected chi connectivity index (χ3v) is 1.04. The molecule has 6 heteroatoms. The van der Waals surface area contributed by atoms with E-state index in [2.05, 4.69) is 20.0 Å². The summed E-state index contributed by atoms with van der Waals surface area (Å²) in [5.41, 5.74) is 0. The van der Waals surface area contributed by atoms with Gasteiger partial charge < -0.3 is 4.74 Å². The van der Waals surface area contributed by atoms with Crippen molar-refractivity contribution >= 4 is 5.97 Å². The number of hydrogen-bond acceptors (Lipinski definition) is 2. The zero-order valence-electron chi connectivity index (χ0n) is 10.3. The van der Waals surface area contributed by atoms with E-state index in [1.54, 1.807) is 0 Å². The molecule has 0 aliphatic carbocycles. The second-order valence-corrected chi connectivity index (χ2v) is 2.23. The van der Waals surface area contributed by atoms with Gasteiger partial charge in [-0.2, -0.15) is 0 Å². The molecule has 1 unspecified atom stereocenters. The summed E-state index contributed by atoms with van der Waals surface area (Å²) in [5, 5.41) is 0. The SMILES string of the molecule is C/C=C\C=CC(C)OC(C)=O.[C-]#[O+].[C-]#[O+].[C-]#[O+].[Fe]. The van der Waals surface area contributed by atoms with Crippen LogP contribution in [0.15, 0.2) is 24.3 Å². The van der Waals surface area contributed by atoms with Gasteiger partial charge in [-0.3, -0.25) is 4.79 Å². The van der Waals surface area contributed by atoms with Gasteiger partial charge in [-0.25, -0.2) is 0 Å². The Labute approximate surface area is 118 Å². The molecule has 0 fully saturated rings. The van der Waals surface area contributed by atoms with Crippen molar-refractivity contribution in [3.05, 3.63) is 44.3 Å². The Morgan fingerprint density at radius 1 is 1.11 bits per heavy atom. The van der Waals surface area contributed by atoms with Crippen molar-refractivity contribution in [3.63, 3.8) is 0 Å². The summed E-state index contributed by atoms with van der Waals surface area (Å²) in [4.78, 5) is 10.4. The van der Waals surface area contributed by atoms with Crippen LogP contribution in [0.3, 0.4) is 0 Å². The average Bonchev–Trinajstić information content (AvgIpc) is 2.36. The smallest absolute Gasteiger partial charge is 0 e. The van der Waals surface area contributed by atoms with Gasteiger partial charge >= 0.3 is 39.9 Å². The van der Waals surface area contributed by atoms with Crippen LogP contribution in [0.5, 0.6) is 0 Å². The van der Waals surface area contributed by atoms with Crippen molar-refractivity contribution in [1.29, 1.82) is 0 Å². The second-order valence-electron chi connectivity index (χ2n) is 2.23. The molecule has 18 heavy (non-hydrogen) atoms. The predicted molar refractivity (Wildman–Crippen MR) is 57.0 cm³/mol. The number of carbonyl (C=O) groups excluding carboxylic acids is 1. The van der Waals surface area contributed by atoms with Crippen molar-refractivity contribution in [2.75, 3.05) is 0 Å². The maximum atomic E-state index is 10.4. The van der Waals surface area contributed by atoms with E-state index in [9.17, 15) is 4.79 Å². The number of ether oxygens (including phenoxy) is 1. The fraction of sp³-hybridized carbons (Fsp3) is 0.333. The molecule has 0 aromatic carbocycles. The standard InChI is InChI=1S/C9H14O2.3CO.Fe/c1-4-5-6-7-8(2)11-9(3)10;3*1-2;/h4-8H,1-3H3;;;;/b5-4-,7-6?;;;;. The molecular weight excluding hydrogens is 280 g/mol. The van der Waals surface area contributed by atoms with Crippen LogP contribution in [0.4, 0.5) is 0 Å². The van der Waals surface area contributed by atoms with E-state index in [-0.39, 0.29) is 29.1 Å². The van der Waals surface area contributed by atoms with Gasteiger partial charge in [-0.15, -0.1) is 0 Å². The minimum absolute atomic E-state index is 0. The van der Waals surface area contributed by atoms with Crippen molar-refractivity contribution < 1.29 is 40.6 Å². The largest absolute Gasteiger partial charge is 0 e. The summed E-state index contributed by atoms with van der Waals surface area (Å²) in [6.07, 6.45) is 7.34. The average molecular weight is 294 g/mol. The fourth-order valence-corrected chi connectivity index (χ4v) is 0.633. The molecule has 0 radical (unpaired) electrons. The maximum absolute atomic E-state index is 10.4. The molecule has 5 nitrogen and oxygen atoms in total. The Kier molecular flexibility index (Phi) is 60.2. The summed E-state index contributed by atoms with van der Waals surface area (Å²) < 4.78 is 27.3. The Balaban J connectivity index is -0.0000000700. The molecule has 100 valence electrons. The van der Waals surface area contributed by atoms with E-state index in [0.29, 0.717) is 0 Å². The van der Waals surface area contributed by atoms with Crippen LogP contribution in [0, 0.1) is 20.0 Å². The van der Waals surface area contributed by atoms with Crippen LogP contribution in [0.25, 0.3) is 0 Å². The molecule has 0 rings (SSSR count). The molecule has 0 bridgehead atoms. The number of carbonyl (C=O) groups is 1. The van der Waals surface area contributed by atoms with Crippen LogP contribution in [0.2, 0.25) is 0 Å². The van der Waals surface area contributed by atoms with Crippen molar-refractivity contribution in [1.82, 2.24) is 0 Å². The topological polar surface area (TPSA) is 86.0 Å². The monoisotopic (exact) mass is 294 g/mol. The molecule has 0 aromatic heterocycles. The molecule has 0 N–H and O–H groups in total. The molecule has 0 amide bonds. The summed E-state index contributed by atoms with van der Waals surface area (Å²) in [7, 11) is 0. The molecule has 0 saturated carbocycles. The first-order valence-corrected chi connectivity index (χ1v) is 4.24. The summed E-state index contributed by atoms with van der Waals surface area (Å²) in [6.45, 7) is 18.7. The fourth-order valence-electron chi connectivity index (χ4n) is 0.633. The molecule has 0 spiro atoms. The van der Waals surface area contributed by atoms with E-state index >= 15 is 0 Å². The van der Waals surface area contributed by atoms with Crippen LogP contribution in [-0.4, -0.2) is 12.1 Å². The minimum Gasteiger partial charge on any atom is 0 e. The zero-order valence-corrected chi connectivity index (χ0v) is 11.4. The van der Waals surface area contributed by atoms with Gasteiger partial charge in [-0.05, 0) is 19.9 Å². The number of hydrogen-bond donors (Lipinski definition) is 0. The van der Waals surface area contributed by atoms with Gasteiger partial charge in [0, 0.05) is 24.0 Å². The molecule has 0 heterocycles. The molecule has 0 aliphatic rings. The van der Waals surface area contributed by atoms with Crippen molar-refractivity contribution in [2.24, 2.45) is 0 Å². The molecule has 0 aliphatic heterocycles. The van der Waals surface area contributed by atoms with Gasteiger partial charge in [0.25, 0.3) is 0 Å². The second kappa shape index (κ2) is 36.1. The van der Waals surface area contributed by atoms with E-state index in [1.165, 1.54) is 6.92 Å². The Hall–Kier alpha value is -1.31. The number of rotatable bonds is 3. The van der Waals surface area contributed by atoms with E-state index in [1.807, 2.05) is 38.2 Å². The molecule has 0 aromatic rings. The first-order chi connectivity index (χ1) is 8.16. The summed E-state index contributed by atoms with van der Waals surface area (Å²) >= 11 is 0. The Morgan fingerprint density at radius 2 is 1.50 bits per heavy atom. The van der Waals surface area contributed by atoms with Crippen LogP contribution in [0.1, 0.15) is 20.8 Å². The van der Waals surface area contributed by atoms with Gasteiger partial charge in [0.15, 0.2) is 0 Å². The quantitative estimate of drug-likeness (QED) is 0.262. The Morgan fingerprint density at radius 3 is 1.78 bits per heavy atom.